The molecule has 2 N–H and O–H groups in total. The maximum atomic E-state index is 12.9. The Morgan fingerprint density at radius 2 is 1.68 bits per heavy atom. The summed E-state index contributed by atoms with van der Waals surface area (Å²) in [4.78, 5) is 30.7. The van der Waals surface area contributed by atoms with E-state index in [1.54, 1.807) is 18.2 Å². The Bertz CT molecular complexity index is 1270. The molecular weight excluding hydrogens is 509 g/mol. The largest absolute Gasteiger partial charge is 0.340 e. The fourth-order valence-corrected chi connectivity index (χ4v) is 4.21. The minimum Gasteiger partial charge on any atom is -0.340 e. The van der Waals surface area contributed by atoms with E-state index < -0.39 is 6.03 Å². The van der Waals surface area contributed by atoms with Crippen LogP contribution in [0.1, 0.15) is 17.0 Å². The number of benzene rings is 2. The molecule has 1 fully saturated rings. The lowest BCUT2D eigenvalue weighted by Crippen LogP contribution is -2.54. The molecule has 2 amide bonds. The van der Waals surface area contributed by atoms with Gasteiger partial charge < -0.3 is 10.2 Å². The highest BCUT2D eigenvalue weighted by atomic mass is 35.5. The van der Waals surface area contributed by atoms with Gasteiger partial charge in [0.25, 0.3) is 5.95 Å². The van der Waals surface area contributed by atoms with Crippen LogP contribution >= 0.6 is 23.2 Å². The van der Waals surface area contributed by atoms with Crippen molar-refractivity contribution < 1.29 is 4.79 Å². The Hall–Kier alpha value is -3.46. The van der Waals surface area contributed by atoms with E-state index in [4.69, 9.17) is 23.2 Å². The predicted octanol–water partition coefficient (Wildman–Crippen LogP) is 5.54. The SMILES string of the molecule is Cc1cc(C)nc(/N=C(/NC(=O)Nc2ccc(Cl)c(Cl)c2)N2CCN(C/C=C/c3ccccc3)CC2)n1. The summed E-state index contributed by atoms with van der Waals surface area (Å²) >= 11 is 12.1. The number of carbonyl (C=O) groups is 1. The number of nitrogens with one attached hydrogen (secondary N) is 2. The molecule has 0 atom stereocenters. The van der Waals surface area contributed by atoms with Gasteiger partial charge in [0, 0.05) is 49.8 Å². The fraction of sp³-hybridized carbons (Fsp3) is 0.259. The van der Waals surface area contributed by atoms with Crippen molar-refractivity contribution in [1.29, 1.82) is 0 Å². The first kappa shape index (κ1) is 26.6. The van der Waals surface area contributed by atoms with Crippen molar-refractivity contribution in [2.24, 2.45) is 4.99 Å². The van der Waals surface area contributed by atoms with E-state index in [1.165, 1.54) is 5.56 Å². The second-order valence-electron chi connectivity index (χ2n) is 8.69. The first-order chi connectivity index (χ1) is 17.9. The highest BCUT2D eigenvalue weighted by Gasteiger charge is 2.21. The van der Waals surface area contributed by atoms with Crippen LogP contribution in [0.15, 0.2) is 65.7 Å². The van der Waals surface area contributed by atoms with Crippen molar-refractivity contribution in [2.45, 2.75) is 13.8 Å². The summed E-state index contributed by atoms with van der Waals surface area (Å²) in [6, 6.07) is 16.6. The van der Waals surface area contributed by atoms with Crippen LogP contribution < -0.4 is 10.6 Å². The molecule has 3 aromatic rings. The third kappa shape index (κ3) is 8.01. The molecule has 10 heteroatoms. The number of aliphatic imine (C=N–C) groups is 1. The zero-order valence-corrected chi connectivity index (χ0v) is 22.3. The van der Waals surface area contributed by atoms with Crippen molar-refractivity contribution in [3.05, 3.63) is 87.7 Å². The van der Waals surface area contributed by atoms with Crippen LogP contribution in [0, 0.1) is 13.8 Å². The first-order valence-corrected chi connectivity index (χ1v) is 12.7. The van der Waals surface area contributed by atoms with E-state index in [2.05, 4.69) is 54.8 Å². The Kier molecular flexibility index (Phi) is 9.11. The van der Waals surface area contributed by atoms with Crippen LogP contribution in [0.25, 0.3) is 6.08 Å². The summed E-state index contributed by atoms with van der Waals surface area (Å²) in [5, 5.41) is 6.42. The van der Waals surface area contributed by atoms with Crippen LogP contribution in [0.3, 0.4) is 0 Å². The van der Waals surface area contributed by atoms with Crippen molar-refractivity contribution in [3.63, 3.8) is 0 Å². The van der Waals surface area contributed by atoms with Crippen molar-refractivity contribution in [2.75, 3.05) is 38.0 Å². The van der Waals surface area contributed by atoms with Crippen LogP contribution in [0.4, 0.5) is 16.4 Å². The molecule has 2 heterocycles. The summed E-state index contributed by atoms with van der Waals surface area (Å²) in [7, 11) is 0. The van der Waals surface area contributed by atoms with E-state index in [-0.39, 0.29) is 0 Å². The second-order valence-corrected chi connectivity index (χ2v) is 9.51. The quantitative estimate of drug-likeness (QED) is 0.329. The molecule has 0 spiro atoms. The number of carbonyl (C=O) groups excluding carboxylic acids is 1. The molecular formula is C27H29Cl2N7O. The number of nitrogens with zero attached hydrogens (tertiary/aromatic N) is 5. The summed E-state index contributed by atoms with van der Waals surface area (Å²) in [6.07, 6.45) is 4.30. The van der Waals surface area contributed by atoms with Gasteiger partial charge in [0.1, 0.15) is 0 Å². The number of rotatable bonds is 5. The van der Waals surface area contributed by atoms with Gasteiger partial charge >= 0.3 is 6.03 Å². The number of hydrogen-bond acceptors (Lipinski definition) is 5. The molecule has 0 aliphatic carbocycles. The van der Waals surface area contributed by atoms with Crippen LogP contribution in [0.2, 0.25) is 10.0 Å². The minimum absolute atomic E-state index is 0.301. The molecule has 0 bridgehead atoms. The average molecular weight is 538 g/mol. The van der Waals surface area contributed by atoms with Gasteiger partial charge in [0.15, 0.2) is 0 Å². The number of aromatic nitrogens is 2. The number of urea groups is 1. The lowest BCUT2D eigenvalue weighted by Gasteiger charge is -2.35. The average Bonchev–Trinajstić information content (AvgIpc) is 2.86. The van der Waals surface area contributed by atoms with Gasteiger partial charge in [-0.2, -0.15) is 4.99 Å². The Morgan fingerprint density at radius 1 is 0.973 bits per heavy atom. The van der Waals surface area contributed by atoms with Gasteiger partial charge in [0.05, 0.1) is 10.0 Å². The van der Waals surface area contributed by atoms with Gasteiger partial charge in [-0.1, -0.05) is 65.7 Å². The maximum absolute atomic E-state index is 12.9. The van der Waals surface area contributed by atoms with E-state index in [0.717, 1.165) is 31.0 Å². The molecule has 0 saturated carbocycles. The van der Waals surface area contributed by atoms with E-state index in [1.807, 2.05) is 43.0 Å². The molecule has 1 saturated heterocycles. The molecule has 1 aliphatic rings. The molecule has 4 rings (SSSR count). The topological polar surface area (TPSA) is 85.7 Å². The van der Waals surface area contributed by atoms with Crippen LogP contribution in [-0.2, 0) is 0 Å². The van der Waals surface area contributed by atoms with E-state index in [0.29, 0.717) is 40.7 Å². The summed E-state index contributed by atoms with van der Waals surface area (Å²) in [5.74, 6) is 0.692. The number of halogens is 2. The monoisotopic (exact) mass is 537 g/mol. The van der Waals surface area contributed by atoms with E-state index in [9.17, 15) is 4.79 Å². The standard InChI is InChI=1S/C27H29Cl2N7O/c1-19-17-20(2)31-25(30-19)33-26(34-27(37)32-22-10-11-23(28)24(29)18-22)36-15-13-35(14-16-36)12-6-9-21-7-4-3-5-8-21/h3-11,17-18H,12-16H2,1-2H3,(H2,30,31,32,33,34,37)/b9-6+. The van der Waals surface area contributed by atoms with Crippen molar-refractivity contribution in [3.8, 4) is 0 Å². The zero-order valence-electron chi connectivity index (χ0n) is 20.8. The van der Waals surface area contributed by atoms with Gasteiger partial charge in [-0.25, -0.2) is 14.8 Å². The Labute approximate surface area is 227 Å². The lowest BCUT2D eigenvalue weighted by atomic mass is 10.2. The predicted molar refractivity (Wildman–Crippen MR) is 151 cm³/mol. The summed E-state index contributed by atoms with van der Waals surface area (Å²) in [5.41, 5.74) is 3.31. The van der Waals surface area contributed by atoms with Gasteiger partial charge in [-0.15, -0.1) is 0 Å². The molecule has 2 aromatic carbocycles. The lowest BCUT2D eigenvalue weighted by molar-refractivity contribution is 0.194. The van der Waals surface area contributed by atoms with Gasteiger partial charge in [-0.3, -0.25) is 10.2 Å². The molecule has 1 aliphatic heterocycles. The van der Waals surface area contributed by atoms with Crippen molar-refractivity contribution >= 4 is 52.9 Å². The number of guanidine groups is 1. The third-order valence-electron chi connectivity index (χ3n) is 5.72. The van der Waals surface area contributed by atoms with E-state index >= 15 is 0 Å². The van der Waals surface area contributed by atoms with Crippen LogP contribution in [0.5, 0.6) is 0 Å². The number of aryl methyl sites for hydroxylation is 2. The minimum atomic E-state index is -0.449. The third-order valence-corrected chi connectivity index (χ3v) is 6.46. The number of piperazine rings is 1. The highest BCUT2D eigenvalue weighted by molar-refractivity contribution is 6.42. The van der Waals surface area contributed by atoms with Gasteiger partial charge in [0.2, 0.25) is 5.96 Å². The summed E-state index contributed by atoms with van der Waals surface area (Å²) < 4.78 is 0. The number of anilines is 1. The second kappa shape index (κ2) is 12.7. The molecule has 192 valence electrons. The zero-order chi connectivity index (χ0) is 26.2. The Balaban J connectivity index is 1.44. The summed E-state index contributed by atoms with van der Waals surface area (Å²) in [6.45, 7) is 7.65. The number of amides is 2. The van der Waals surface area contributed by atoms with Crippen molar-refractivity contribution in [1.82, 2.24) is 25.1 Å². The normalized spacial score (nSPS) is 14.7. The first-order valence-electron chi connectivity index (χ1n) is 12.0. The molecule has 0 unspecified atom stereocenters. The number of hydrogen-bond donors (Lipinski definition) is 2. The van der Waals surface area contributed by atoms with Gasteiger partial charge in [-0.05, 0) is 43.7 Å². The Morgan fingerprint density at radius 3 is 2.35 bits per heavy atom. The highest BCUT2D eigenvalue weighted by Crippen LogP contribution is 2.25. The maximum Gasteiger partial charge on any atom is 0.326 e. The molecule has 1 aromatic heterocycles. The molecule has 37 heavy (non-hydrogen) atoms. The molecule has 8 nitrogen and oxygen atoms in total. The van der Waals surface area contributed by atoms with Crippen LogP contribution in [-0.4, -0.2) is 64.5 Å². The fourth-order valence-electron chi connectivity index (χ4n) is 3.91. The molecule has 0 radical (unpaired) electrons. The smallest absolute Gasteiger partial charge is 0.326 e.